The molecule has 1 heterocycles. The fraction of sp³-hybridized carbons (Fsp3) is 0.667. The second-order valence-electron chi connectivity index (χ2n) is 4.33. The Morgan fingerprint density at radius 2 is 2.10 bits per heavy atom. The van der Waals surface area contributed by atoms with E-state index in [0.29, 0.717) is 6.54 Å². The zero-order valence-corrected chi connectivity index (χ0v) is 11.9. The maximum Gasteiger partial charge on any atom is 0.325 e. The van der Waals surface area contributed by atoms with Crippen molar-refractivity contribution in [2.75, 3.05) is 26.2 Å². The van der Waals surface area contributed by atoms with Gasteiger partial charge in [0.2, 0.25) is 0 Å². The molecule has 0 radical (unpaired) electrons. The topological polar surface area (TPSA) is 100 Å². The molecule has 2 N–H and O–H groups in total. The number of rotatable bonds is 9. The molecule has 8 nitrogen and oxygen atoms in total. The first-order valence-corrected chi connectivity index (χ1v) is 6.69. The van der Waals surface area contributed by atoms with E-state index in [4.69, 9.17) is 5.11 Å². The third kappa shape index (κ3) is 5.35. The molecule has 1 rings (SSSR count). The number of aliphatic carboxylic acids is 1. The van der Waals surface area contributed by atoms with Crippen molar-refractivity contribution in [1.82, 2.24) is 25.2 Å². The molecule has 0 aromatic carbocycles. The van der Waals surface area contributed by atoms with Gasteiger partial charge in [0, 0.05) is 6.54 Å². The van der Waals surface area contributed by atoms with E-state index >= 15 is 0 Å². The second kappa shape index (κ2) is 8.26. The summed E-state index contributed by atoms with van der Waals surface area (Å²) in [4.78, 5) is 24.5. The van der Waals surface area contributed by atoms with Gasteiger partial charge in [-0.3, -0.25) is 9.59 Å². The number of hydrogen-bond acceptors (Lipinski definition) is 5. The number of carbonyl (C=O) groups excluding carboxylic acids is 1. The molecule has 1 amide bonds. The predicted octanol–water partition coefficient (Wildman–Crippen LogP) is -0.176. The number of carboxylic acids is 1. The highest BCUT2D eigenvalue weighted by atomic mass is 16.4. The van der Waals surface area contributed by atoms with Crippen molar-refractivity contribution >= 4 is 11.9 Å². The van der Waals surface area contributed by atoms with E-state index in [0.717, 1.165) is 30.7 Å². The second-order valence-corrected chi connectivity index (χ2v) is 4.33. The molecule has 1 aromatic rings. The van der Waals surface area contributed by atoms with Gasteiger partial charge < -0.3 is 15.3 Å². The average Bonchev–Trinajstić information content (AvgIpc) is 2.86. The maximum atomic E-state index is 11.7. The van der Waals surface area contributed by atoms with Gasteiger partial charge in [0.15, 0.2) is 5.69 Å². The number of hydrogen-bond donors (Lipinski definition) is 2. The molecule has 20 heavy (non-hydrogen) atoms. The molecule has 0 fully saturated rings. The van der Waals surface area contributed by atoms with Crippen LogP contribution >= 0.6 is 0 Å². The number of nitrogens with one attached hydrogen (secondary N) is 1. The van der Waals surface area contributed by atoms with E-state index in [1.807, 2.05) is 0 Å². The molecule has 0 saturated heterocycles. The summed E-state index contributed by atoms with van der Waals surface area (Å²) in [6.07, 6.45) is 2.19. The number of nitrogens with zero attached hydrogens (tertiary/aromatic N) is 4. The van der Waals surface area contributed by atoms with Crippen LogP contribution in [-0.4, -0.2) is 63.1 Å². The summed E-state index contributed by atoms with van der Waals surface area (Å²) in [6.45, 7) is 7.37. The van der Waals surface area contributed by atoms with Gasteiger partial charge in [0.25, 0.3) is 5.91 Å². The molecule has 0 unspecified atom stereocenters. The summed E-state index contributed by atoms with van der Waals surface area (Å²) in [5.74, 6) is -1.36. The molecular weight excluding hydrogens is 262 g/mol. The van der Waals surface area contributed by atoms with E-state index in [9.17, 15) is 9.59 Å². The van der Waals surface area contributed by atoms with Gasteiger partial charge >= 0.3 is 5.97 Å². The number of carbonyl (C=O) groups is 2. The number of aromatic nitrogens is 3. The van der Waals surface area contributed by atoms with Crippen LogP contribution in [-0.2, 0) is 11.3 Å². The van der Waals surface area contributed by atoms with E-state index in [-0.39, 0.29) is 18.1 Å². The summed E-state index contributed by atoms with van der Waals surface area (Å²) >= 11 is 0. The lowest BCUT2D eigenvalue weighted by Crippen LogP contribution is -2.30. The van der Waals surface area contributed by atoms with Crippen molar-refractivity contribution in [3.8, 4) is 0 Å². The largest absolute Gasteiger partial charge is 0.480 e. The van der Waals surface area contributed by atoms with Gasteiger partial charge in [-0.15, -0.1) is 5.10 Å². The van der Waals surface area contributed by atoms with Gasteiger partial charge in [-0.25, -0.2) is 4.68 Å². The highest BCUT2D eigenvalue weighted by Crippen LogP contribution is 1.94. The van der Waals surface area contributed by atoms with Crippen LogP contribution < -0.4 is 5.32 Å². The molecule has 0 aliphatic rings. The molecule has 0 spiro atoms. The first-order valence-electron chi connectivity index (χ1n) is 6.69. The van der Waals surface area contributed by atoms with Crippen molar-refractivity contribution in [2.24, 2.45) is 0 Å². The van der Waals surface area contributed by atoms with Gasteiger partial charge in [0.05, 0.1) is 6.20 Å². The van der Waals surface area contributed by atoms with Crippen LogP contribution in [0.4, 0.5) is 0 Å². The standard InChI is InChI=1S/C12H21N5O3/c1-3-16(4-2)7-5-6-13-12(20)10-8-17(15-14-10)9-11(18)19/h8H,3-7,9H2,1-2H3,(H,13,20)(H,18,19). The molecule has 0 aliphatic carbocycles. The van der Waals surface area contributed by atoms with Crippen LogP contribution in [0.1, 0.15) is 30.8 Å². The molecule has 0 saturated carbocycles. The zero-order valence-electron chi connectivity index (χ0n) is 11.9. The van der Waals surface area contributed by atoms with E-state index in [1.54, 1.807) is 0 Å². The van der Waals surface area contributed by atoms with Crippen molar-refractivity contribution in [3.63, 3.8) is 0 Å². The number of amides is 1. The van der Waals surface area contributed by atoms with Crippen LogP contribution in [0.3, 0.4) is 0 Å². The minimum absolute atomic E-state index is 0.133. The Balaban J connectivity index is 2.32. The van der Waals surface area contributed by atoms with Crippen molar-refractivity contribution in [3.05, 3.63) is 11.9 Å². The third-order valence-corrected chi connectivity index (χ3v) is 2.90. The van der Waals surface area contributed by atoms with Crippen LogP contribution in [0.25, 0.3) is 0 Å². The van der Waals surface area contributed by atoms with Gasteiger partial charge in [-0.1, -0.05) is 19.1 Å². The normalized spacial score (nSPS) is 10.8. The van der Waals surface area contributed by atoms with Crippen molar-refractivity contribution in [1.29, 1.82) is 0 Å². The molecule has 1 aromatic heterocycles. The fourth-order valence-electron chi connectivity index (χ4n) is 1.75. The Morgan fingerprint density at radius 1 is 1.40 bits per heavy atom. The van der Waals surface area contributed by atoms with Crippen LogP contribution in [0.5, 0.6) is 0 Å². The minimum Gasteiger partial charge on any atom is -0.480 e. The van der Waals surface area contributed by atoms with Crippen molar-refractivity contribution < 1.29 is 14.7 Å². The first kappa shape index (κ1) is 16.1. The smallest absolute Gasteiger partial charge is 0.325 e. The average molecular weight is 283 g/mol. The summed E-state index contributed by atoms with van der Waals surface area (Å²) in [5.41, 5.74) is 0.133. The van der Waals surface area contributed by atoms with Gasteiger partial charge in [-0.2, -0.15) is 0 Å². The Labute approximate surface area is 117 Å². The maximum absolute atomic E-state index is 11.7. The Bertz CT molecular complexity index is 442. The quantitative estimate of drug-likeness (QED) is 0.610. The fourth-order valence-corrected chi connectivity index (χ4v) is 1.75. The molecule has 0 bridgehead atoms. The van der Waals surface area contributed by atoms with E-state index in [2.05, 4.69) is 34.4 Å². The molecular formula is C12H21N5O3. The minimum atomic E-state index is -1.03. The Morgan fingerprint density at radius 3 is 2.70 bits per heavy atom. The lowest BCUT2D eigenvalue weighted by molar-refractivity contribution is -0.137. The van der Waals surface area contributed by atoms with Crippen molar-refractivity contribution in [2.45, 2.75) is 26.8 Å². The Hall–Kier alpha value is -1.96. The zero-order chi connectivity index (χ0) is 15.0. The molecule has 112 valence electrons. The first-order chi connectivity index (χ1) is 9.56. The third-order valence-electron chi connectivity index (χ3n) is 2.90. The lowest BCUT2D eigenvalue weighted by atomic mass is 10.3. The van der Waals surface area contributed by atoms with E-state index < -0.39 is 5.97 Å². The SMILES string of the molecule is CCN(CC)CCCNC(=O)c1cn(CC(=O)O)nn1. The highest BCUT2D eigenvalue weighted by molar-refractivity contribution is 5.91. The van der Waals surface area contributed by atoms with Crippen LogP contribution in [0.15, 0.2) is 6.20 Å². The van der Waals surface area contributed by atoms with Crippen LogP contribution in [0.2, 0.25) is 0 Å². The molecule has 0 atom stereocenters. The Kier molecular flexibility index (Phi) is 6.65. The summed E-state index contributed by atoms with van der Waals surface area (Å²) in [6, 6.07) is 0. The molecule has 0 aliphatic heterocycles. The highest BCUT2D eigenvalue weighted by Gasteiger charge is 2.11. The molecule has 8 heteroatoms. The van der Waals surface area contributed by atoms with Gasteiger partial charge in [-0.05, 0) is 26.1 Å². The summed E-state index contributed by atoms with van der Waals surface area (Å²) in [7, 11) is 0. The van der Waals surface area contributed by atoms with Crippen LogP contribution in [0, 0.1) is 0 Å². The predicted molar refractivity (Wildman–Crippen MR) is 72.4 cm³/mol. The lowest BCUT2D eigenvalue weighted by Gasteiger charge is -2.17. The van der Waals surface area contributed by atoms with E-state index in [1.165, 1.54) is 6.20 Å². The summed E-state index contributed by atoms with van der Waals surface area (Å²) in [5, 5.41) is 18.6. The van der Waals surface area contributed by atoms with Gasteiger partial charge in [0.1, 0.15) is 6.54 Å². The summed E-state index contributed by atoms with van der Waals surface area (Å²) < 4.78 is 1.12. The number of carboxylic acid groups (broad SMARTS) is 1. The monoisotopic (exact) mass is 283 g/mol.